The van der Waals surface area contributed by atoms with Gasteiger partial charge in [-0.2, -0.15) is 5.26 Å². The summed E-state index contributed by atoms with van der Waals surface area (Å²) in [7, 11) is 0. The fraction of sp³-hybridized carbons (Fsp3) is 0.133. The van der Waals surface area contributed by atoms with Crippen LogP contribution in [0.2, 0.25) is 0 Å². The molecule has 108 valence electrons. The lowest BCUT2D eigenvalue weighted by atomic mass is 10.1. The number of hydrogen-bond acceptors (Lipinski definition) is 2. The largest absolute Gasteiger partial charge is 0.308 e. The Labute approximate surface area is 118 Å². The van der Waals surface area contributed by atoms with Crippen molar-refractivity contribution in [3.8, 4) is 6.07 Å². The van der Waals surface area contributed by atoms with Gasteiger partial charge >= 0.3 is 0 Å². The first-order valence-corrected chi connectivity index (χ1v) is 6.04. The van der Waals surface area contributed by atoms with Crippen LogP contribution >= 0.6 is 0 Å². The molecule has 0 atom stereocenters. The maximum atomic E-state index is 13.6. The number of nitrogens with zero attached hydrogens (tertiary/aromatic N) is 1. The van der Waals surface area contributed by atoms with Crippen LogP contribution < -0.4 is 5.32 Å². The molecule has 2 nitrogen and oxygen atoms in total. The monoisotopic (exact) mass is 294 g/mol. The zero-order valence-corrected chi connectivity index (χ0v) is 10.8. The fourth-order valence-corrected chi connectivity index (χ4v) is 1.85. The minimum Gasteiger partial charge on any atom is -0.308 e. The van der Waals surface area contributed by atoms with Crippen LogP contribution in [0.25, 0.3) is 0 Å². The third kappa shape index (κ3) is 3.38. The molecule has 21 heavy (non-hydrogen) atoms. The van der Waals surface area contributed by atoms with E-state index in [2.05, 4.69) is 5.32 Å². The van der Waals surface area contributed by atoms with Gasteiger partial charge in [-0.05, 0) is 24.3 Å². The highest BCUT2D eigenvalue weighted by Gasteiger charge is 2.12. The highest BCUT2D eigenvalue weighted by molar-refractivity contribution is 5.34. The van der Waals surface area contributed by atoms with E-state index in [1.54, 1.807) is 6.07 Å². The molecule has 6 heteroatoms. The molecule has 0 aliphatic carbocycles. The van der Waals surface area contributed by atoms with E-state index in [0.717, 1.165) is 24.3 Å². The molecule has 0 bridgehead atoms. The third-order valence-electron chi connectivity index (χ3n) is 2.94. The normalized spacial score (nSPS) is 10.4. The van der Waals surface area contributed by atoms with E-state index in [1.807, 2.05) is 0 Å². The smallest absolute Gasteiger partial charge is 0.131 e. The van der Waals surface area contributed by atoms with Crippen molar-refractivity contribution in [3.05, 3.63) is 70.3 Å². The standard InChI is InChI=1S/C15H10F4N2/c16-12-2-1-3-13(17)10(12)7-21-8-11-14(18)4-9(6-20)5-15(11)19/h1-5,21H,7-8H2. The maximum absolute atomic E-state index is 13.6. The summed E-state index contributed by atoms with van der Waals surface area (Å²) < 4.78 is 53.9. The summed E-state index contributed by atoms with van der Waals surface area (Å²) in [6.45, 7) is -0.464. The first-order chi connectivity index (χ1) is 10.0. The summed E-state index contributed by atoms with van der Waals surface area (Å²) in [5, 5.41) is 11.2. The van der Waals surface area contributed by atoms with Crippen LogP contribution in [-0.4, -0.2) is 0 Å². The van der Waals surface area contributed by atoms with E-state index in [4.69, 9.17) is 5.26 Å². The summed E-state index contributed by atoms with van der Waals surface area (Å²) in [5.41, 5.74) is -0.619. The van der Waals surface area contributed by atoms with E-state index in [9.17, 15) is 17.6 Å². The molecule has 0 heterocycles. The van der Waals surface area contributed by atoms with Crippen LogP contribution in [0.3, 0.4) is 0 Å². The maximum Gasteiger partial charge on any atom is 0.131 e. The van der Waals surface area contributed by atoms with Gasteiger partial charge in [-0.25, -0.2) is 17.6 Å². The van der Waals surface area contributed by atoms with Gasteiger partial charge in [-0.3, -0.25) is 0 Å². The zero-order chi connectivity index (χ0) is 15.4. The Balaban J connectivity index is 2.10. The van der Waals surface area contributed by atoms with Crippen molar-refractivity contribution in [1.82, 2.24) is 5.32 Å². The van der Waals surface area contributed by atoms with Crippen molar-refractivity contribution in [1.29, 1.82) is 5.26 Å². The molecule has 2 aromatic carbocycles. The number of nitrogens with one attached hydrogen (secondary N) is 1. The SMILES string of the molecule is N#Cc1cc(F)c(CNCc2c(F)cccc2F)c(F)c1. The van der Waals surface area contributed by atoms with Crippen LogP contribution in [-0.2, 0) is 13.1 Å². The summed E-state index contributed by atoms with van der Waals surface area (Å²) in [6, 6.07) is 6.88. The Bertz CT molecular complexity index is 664. The second-order valence-electron chi connectivity index (χ2n) is 4.33. The molecule has 0 spiro atoms. The fourth-order valence-electron chi connectivity index (χ4n) is 1.85. The minimum absolute atomic E-state index is 0.131. The molecule has 0 radical (unpaired) electrons. The van der Waals surface area contributed by atoms with Gasteiger partial charge in [-0.1, -0.05) is 6.07 Å². The van der Waals surface area contributed by atoms with Gasteiger partial charge in [0, 0.05) is 24.2 Å². The van der Waals surface area contributed by atoms with Crippen LogP contribution in [0.15, 0.2) is 30.3 Å². The molecule has 0 amide bonds. The minimum atomic E-state index is -0.881. The van der Waals surface area contributed by atoms with Crippen LogP contribution in [0.5, 0.6) is 0 Å². The third-order valence-corrected chi connectivity index (χ3v) is 2.94. The summed E-state index contributed by atoms with van der Waals surface area (Å²) >= 11 is 0. The van der Waals surface area contributed by atoms with Gasteiger partial charge in [-0.15, -0.1) is 0 Å². The highest BCUT2D eigenvalue weighted by Crippen LogP contribution is 2.16. The molecule has 0 unspecified atom stereocenters. The van der Waals surface area contributed by atoms with Crippen molar-refractivity contribution < 1.29 is 17.6 Å². The molecule has 0 aliphatic rings. The number of rotatable bonds is 4. The average Bonchev–Trinajstić information content (AvgIpc) is 2.44. The second-order valence-corrected chi connectivity index (χ2v) is 4.33. The van der Waals surface area contributed by atoms with E-state index in [0.29, 0.717) is 0 Å². The molecular weight excluding hydrogens is 284 g/mol. The van der Waals surface area contributed by atoms with Crippen molar-refractivity contribution in [2.45, 2.75) is 13.1 Å². The molecule has 0 aromatic heterocycles. The summed E-state index contributed by atoms with van der Waals surface area (Å²) in [4.78, 5) is 0. The first-order valence-electron chi connectivity index (χ1n) is 6.04. The molecule has 0 saturated heterocycles. The van der Waals surface area contributed by atoms with Crippen molar-refractivity contribution in [2.75, 3.05) is 0 Å². The van der Waals surface area contributed by atoms with E-state index in [-0.39, 0.29) is 29.8 Å². The molecule has 2 rings (SSSR count). The van der Waals surface area contributed by atoms with Crippen LogP contribution in [0.1, 0.15) is 16.7 Å². The van der Waals surface area contributed by atoms with Gasteiger partial charge < -0.3 is 5.32 Å². The van der Waals surface area contributed by atoms with Gasteiger partial charge in [0.1, 0.15) is 23.3 Å². The Morgan fingerprint density at radius 2 is 1.33 bits per heavy atom. The first kappa shape index (κ1) is 15.0. The lowest BCUT2D eigenvalue weighted by Gasteiger charge is -2.09. The zero-order valence-electron chi connectivity index (χ0n) is 10.8. The van der Waals surface area contributed by atoms with E-state index < -0.39 is 23.3 Å². The Kier molecular flexibility index (Phi) is 4.55. The number of nitriles is 1. The Morgan fingerprint density at radius 1 is 0.857 bits per heavy atom. The van der Waals surface area contributed by atoms with E-state index in [1.165, 1.54) is 6.07 Å². The van der Waals surface area contributed by atoms with Crippen molar-refractivity contribution in [3.63, 3.8) is 0 Å². The number of benzene rings is 2. The topological polar surface area (TPSA) is 35.8 Å². The van der Waals surface area contributed by atoms with Crippen LogP contribution in [0, 0.1) is 34.6 Å². The quantitative estimate of drug-likeness (QED) is 0.877. The Morgan fingerprint density at radius 3 is 1.81 bits per heavy atom. The van der Waals surface area contributed by atoms with Crippen molar-refractivity contribution >= 4 is 0 Å². The van der Waals surface area contributed by atoms with Gasteiger partial charge in [0.25, 0.3) is 0 Å². The highest BCUT2D eigenvalue weighted by atomic mass is 19.1. The predicted molar refractivity (Wildman–Crippen MR) is 68.0 cm³/mol. The van der Waals surface area contributed by atoms with Crippen LogP contribution in [0.4, 0.5) is 17.6 Å². The Hall–Kier alpha value is -2.39. The number of halogens is 4. The van der Waals surface area contributed by atoms with E-state index >= 15 is 0 Å². The van der Waals surface area contributed by atoms with Crippen molar-refractivity contribution in [2.24, 2.45) is 0 Å². The van der Waals surface area contributed by atoms with Gasteiger partial charge in [0.05, 0.1) is 11.6 Å². The van der Waals surface area contributed by atoms with Gasteiger partial charge in [0.2, 0.25) is 0 Å². The summed E-state index contributed by atoms with van der Waals surface area (Å²) in [6.07, 6.45) is 0. The van der Waals surface area contributed by atoms with Gasteiger partial charge in [0.15, 0.2) is 0 Å². The lowest BCUT2D eigenvalue weighted by Crippen LogP contribution is -2.17. The molecular formula is C15H10F4N2. The molecule has 2 aromatic rings. The molecule has 0 saturated carbocycles. The second kappa shape index (κ2) is 6.37. The number of hydrogen-bond donors (Lipinski definition) is 1. The molecule has 0 aliphatic heterocycles. The average molecular weight is 294 g/mol. The molecule has 0 fully saturated rings. The summed E-state index contributed by atoms with van der Waals surface area (Å²) in [5.74, 6) is -3.23. The molecule has 1 N–H and O–H groups in total. The lowest BCUT2D eigenvalue weighted by molar-refractivity contribution is 0.514. The predicted octanol–water partition coefficient (Wildman–Crippen LogP) is 3.40.